The van der Waals surface area contributed by atoms with E-state index < -0.39 is 0 Å². The maximum absolute atomic E-state index is 5.56. The lowest BCUT2D eigenvalue weighted by molar-refractivity contribution is 0.0771. The maximum Gasteiger partial charge on any atom is 0.107 e. The van der Waals surface area contributed by atoms with Gasteiger partial charge in [-0.05, 0) is 31.7 Å². The van der Waals surface area contributed by atoms with E-state index in [9.17, 15) is 0 Å². The quantitative estimate of drug-likeness (QED) is 0.639. The Morgan fingerprint density at radius 1 is 1.67 bits per heavy atom. The molecule has 0 aromatic heterocycles. The molecule has 1 unspecified atom stereocenters. The molecular formula is C9H16N2O. The Labute approximate surface area is 73.3 Å². The number of nitrogens with two attached hydrogens (primary N) is 1. The summed E-state index contributed by atoms with van der Waals surface area (Å²) in [6.45, 7) is 4.58. The first-order chi connectivity index (χ1) is 5.64. The zero-order valence-electron chi connectivity index (χ0n) is 7.85. The zero-order valence-corrected chi connectivity index (χ0v) is 7.85. The molecule has 0 saturated heterocycles. The van der Waals surface area contributed by atoms with Crippen LogP contribution in [0.15, 0.2) is 23.5 Å². The molecular weight excluding hydrogens is 152 g/mol. The highest BCUT2D eigenvalue weighted by molar-refractivity contribution is 5.32. The number of dihydropyridines is 1. The Hall–Kier alpha value is -0.800. The van der Waals surface area contributed by atoms with Crippen molar-refractivity contribution in [2.24, 2.45) is 5.73 Å². The predicted octanol–water partition coefficient (Wildman–Crippen LogP) is 0.741. The molecule has 3 nitrogen and oxygen atoms in total. The van der Waals surface area contributed by atoms with Crippen LogP contribution >= 0.6 is 0 Å². The zero-order chi connectivity index (χ0) is 9.19. The fourth-order valence-corrected chi connectivity index (χ4v) is 1.27. The van der Waals surface area contributed by atoms with Crippen molar-refractivity contribution in [3.63, 3.8) is 0 Å². The van der Waals surface area contributed by atoms with Gasteiger partial charge in [0.1, 0.15) is 5.60 Å². The Balaban J connectivity index is 2.97. The van der Waals surface area contributed by atoms with Crippen molar-refractivity contribution < 1.29 is 4.74 Å². The molecule has 0 spiro atoms. The average molecular weight is 168 g/mol. The SMILES string of the molecule is COC1(C)C=CNC(CN)=C1C. The summed E-state index contributed by atoms with van der Waals surface area (Å²) in [5, 5.41) is 3.10. The third-order valence-electron chi connectivity index (χ3n) is 2.48. The molecule has 1 atom stereocenters. The van der Waals surface area contributed by atoms with E-state index >= 15 is 0 Å². The first-order valence-corrected chi connectivity index (χ1v) is 4.03. The van der Waals surface area contributed by atoms with Crippen LogP contribution in [0.2, 0.25) is 0 Å². The Morgan fingerprint density at radius 2 is 2.33 bits per heavy atom. The lowest BCUT2D eigenvalue weighted by Crippen LogP contribution is -2.35. The summed E-state index contributed by atoms with van der Waals surface area (Å²) < 4.78 is 5.38. The van der Waals surface area contributed by atoms with E-state index in [0.717, 1.165) is 11.3 Å². The summed E-state index contributed by atoms with van der Waals surface area (Å²) >= 11 is 0. The van der Waals surface area contributed by atoms with Crippen LogP contribution in [0.4, 0.5) is 0 Å². The Kier molecular flexibility index (Phi) is 2.55. The van der Waals surface area contributed by atoms with Crippen LogP contribution < -0.4 is 11.1 Å². The van der Waals surface area contributed by atoms with Gasteiger partial charge in [-0.3, -0.25) is 0 Å². The van der Waals surface area contributed by atoms with Gasteiger partial charge in [-0.15, -0.1) is 0 Å². The minimum atomic E-state index is -0.292. The molecule has 1 heterocycles. The van der Waals surface area contributed by atoms with Gasteiger partial charge in [0.25, 0.3) is 0 Å². The minimum absolute atomic E-state index is 0.292. The summed E-state index contributed by atoms with van der Waals surface area (Å²) in [4.78, 5) is 0. The summed E-state index contributed by atoms with van der Waals surface area (Å²) in [6.07, 6.45) is 3.86. The van der Waals surface area contributed by atoms with Crippen molar-refractivity contribution in [1.29, 1.82) is 0 Å². The maximum atomic E-state index is 5.56. The van der Waals surface area contributed by atoms with Gasteiger partial charge in [0.15, 0.2) is 0 Å². The predicted molar refractivity (Wildman–Crippen MR) is 49.4 cm³/mol. The summed E-state index contributed by atoms with van der Waals surface area (Å²) in [5.74, 6) is 0. The molecule has 0 amide bonds. The molecule has 0 aromatic carbocycles. The third-order valence-corrected chi connectivity index (χ3v) is 2.48. The summed E-state index contributed by atoms with van der Waals surface area (Å²) in [5.41, 5.74) is 7.46. The standard InChI is InChI=1S/C9H16N2O/c1-7-8(6-10)11-5-4-9(7,2)12-3/h4-5,11H,6,10H2,1-3H3. The van der Waals surface area contributed by atoms with Crippen molar-refractivity contribution in [2.75, 3.05) is 13.7 Å². The van der Waals surface area contributed by atoms with E-state index in [1.807, 2.05) is 26.1 Å². The molecule has 1 rings (SSSR count). The number of hydrogen-bond donors (Lipinski definition) is 2. The molecule has 3 heteroatoms. The van der Waals surface area contributed by atoms with Crippen LogP contribution in [0.25, 0.3) is 0 Å². The van der Waals surface area contributed by atoms with Crippen molar-refractivity contribution in [1.82, 2.24) is 5.32 Å². The highest BCUT2D eigenvalue weighted by Crippen LogP contribution is 2.26. The molecule has 3 N–H and O–H groups in total. The van der Waals surface area contributed by atoms with Crippen LogP contribution in [-0.2, 0) is 4.74 Å². The van der Waals surface area contributed by atoms with E-state index in [2.05, 4.69) is 5.32 Å². The van der Waals surface area contributed by atoms with E-state index in [1.54, 1.807) is 7.11 Å². The van der Waals surface area contributed by atoms with Crippen LogP contribution in [0.3, 0.4) is 0 Å². The second kappa shape index (κ2) is 3.29. The van der Waals surface area contributed by atoms with Gasteiger partial charge in [0.05, 0.1) is 0 Å². The first kappa shape index (κ1) is 9.29. The largest absolute Gasteiger partial charge is 0.370 e. The van der Waals surface area contributed by atoms with Crippen molar-refractivity contribution in [3.05, 3.63) is 23.5 Å². The van der Waals surface area contributed by atoms with Gasteiger partial charge < -0.3 is 15.8 Å². The second-order valence-electron chi connectivity index (χ2n) is 3.10. The molecule has 0 aromatic rings. The number of rotatable bonds is 2. The highest BCUT2D eigenvalue weighted by Gasteiger charge is 2.27. The average Bonchev–Trinajstić information content (AvgIpc) is 2.10. The van der Waals surface area contributed by atoms with Crippen LogP contribution in [-0.4, -0.2) is 19.3 Å². The molecule has 12 heavy (non-hydrogen) atoms. The number of methoxy groups -OCH3 is 1. The van der Waals surface area contributed by atoms with Crippen molar-refractivity contribution in [2.45, 2.75) is 19.4 Å². The smallest absolute Gasteiger partial charge is 0.107 e. The van der Waals surface area contributed by atoms with Crippen LogP contribution in [0.1, 0.15) is 13.8 Å². The molecule has 68 valence electrons. The van der Waals surface area contributed by atoms with Crippen molar-refractivity contribution >= 4 is 0 Å². The third kappa shape index (κ3) is 1.38. The minimum Gasteiger partial charge on any atom is -0.370 e. The van der Waals surface area contributed by atoms with E-state index in [-0.39, 0.29) is 5.60 Å². The van der Waals surface area contributed by atoms with Crippen LogP contribution in [0, 0.1) is 0 Å². The van der Waals surface area contributed by atoms with Crippen LogP contribution in [0.5, 0.6) is 0 Å². The molecule has 1 aliphatic heterocycles. The van der Waals surface area contributed by atoms with E-state index in [1.165, 1.54) is 0 Å². The van der Waals surface area contributed by atoms with Gasteiger partial charge in [0.2, 0.25) is 0 Å². The molecule has 1 aliphatic rings. The molecule has 0 fully saturated rings. The normalized spacial score (nSPS) is 29.0. The molecule has 0 radical (unpaired) electrons. The Bertz CT molecular complexity index is 233. The Morgan fingerprint density at radius 3 is 2.83 bits per heavy atom. The number of hydrogen-bond acceptors (Lipinski definition) is 3. The van der Waals surface area contributed by atoms with Crippen molar-refractivity contribution in [3.8, 4) is 0 Å². The van der Waals surface area contributed by atoms with E-state index in [4.69, 9.17) is 10.5 Å². The lowest BCUT2D eigenvalue weighted by atomic mass is 9.93. The highest BCUT2D eigenvalue weighted by atomic mass is 16.5. The summed E-state index contributed by atoms with van der Waals surface area (Å²) in [7, 11) is 1.70. The van der Waals surface area contributed by atoms with Gasteiger partial charge in [-0.25, -0.2) is 0 Å². The fraction of sp³-hybridized carbons (Fsp3) is 0.556. The molecule has 0 saturated carbocycles. The number of nitrogens with one attached hydrogen (secondary N) is 1. The molecule has 0 aliphatic carbocycles. The lowest BCUT2D eigenvalue weighted by Gasteiger charge is -2.31. The first-order valence-electron chi connectivity index (χ1n) is 4.03. The van der Waals surface area contributed by atoms with Gasteiger partial charge in [-0.1, -0.05) is 0 Å². The topological polar surface area (TPSA) is 47.3 Å². The van der Waals surface area contributed by atoms with Gasteiger partial charge in [-0.2, -0.15) is 0 Å². The van der Waals surface area contributed by atoms with Gasteiger partial charge >= 0.3 is 0 Å². The summed E-state index contributed by atoms with van der Waals surface area (Å²) in [6, 6.07) is 0. The van der Waals surface area contributed by atoms with Gasteiger partial charge in [0, 0.05) is 19.4 Å². The molecule has 0 bridgehead atoms. The van der Waals surface area contributed by atoms with E-state index in [0.29, 0.717) is 6.54 Å². The second-order valence-corrected chi connectivity index (χ2v) is 3.10. The number of ether oxygens (including phenoxy) is 1. The monoisotopic (exact) mass is 168 g/mol. The fourth-order valence-electron chi connectivity index (χ4n) is 1.27.